The van der Waals surface area contributed by atoms with Crippen molar-refractivity contribution < 1.29 is 9.18 Å². The van der Waals surface area contributed by atoms with Crippen LogP contribution >= 0.6 is 0 Å². The summed E-state index contributed by atoms with van der Waals surface area (Å²) >= 11 is 0. The maximum absolute atomic E-state index is 13.6. The van der Waals surface area contributed by atoms with Gasteiger partial charge in [-0.3, -0.25) is 9.48 Å². The lowest BCUT2D eigenvalue weighted by atomic mass is 9.88. The predicted octanol–water partition coefficient (Wildman–Crippen LogP) is 5.81. The van der Waals surface area contributed by atoms with Gasteiger partial charge in [0.1, 0.15) is 5.82 Å². The van der Waals surface area contributed by atoms with Crippen molar-refractivity contribution in [2.24, 2.45) is 0 Å². The minimum atomic E-state index is -0.225. The Morgan fingerprint density at radius 1 is 1.00 bits per heavy atom. The Labute approximate surface area is 206 Å². The summed E-state index contributed by atoms with van der Waals surface area (Å²) in [5.74, 6) is -0.327. The third-order valence-corrected chi connectivity index (χ3v) is 7.30. The normalized spacial score (nSPS) is 17.4. The molecule has 0 radical (unpaired) electrons. The van der Waals surface area contributed by atoms with E-state index in [0.717, 1.165) is 55.5 Å². The number of hydrogen-bond donors (Lipinski definition) is 2. The van der Waals surface area contributed by atoms with Crippen molar-refractivity contribution in [1.29, 1.82) is 0 Å². The van der Waals surface area contributed by atoms with Crippen LogP contribution in [-0.2, 0) is 0 Å². The lowest BCUT2D eigenvalue weighted by molar-refractivity contribution is 0.0939. The van der Waals surface area contributed by atoms with E-state index in [1.807, 2.05) is 29.9 Å². The third-order valence-electron chi connectivity index (χ3n) is 7.30. The predicted molar refractivity (Wildman–Crippen MR) is 137 cm³/mol. The van der Waals surface area contributed by atoms with Crippen LogP contribution in [-0.4, -0.2) is 28.8 Å². The van der Waals surface area contributed by atoms with E-state index in [1.165, 1.54) is 36.1 Å². The highest BCUT2D eigenvalue weighted by atomic mass is 19.1. The van der Waals surface area contributed by atoms with E-state index < -0.39 is 0 Å². The van der Waals surface area contributed by atoms with E-state index in [2.05, 4.69) is 40.0 Å². The van der Waals surface area contributed by atoms with Crippen molar-refractivity contribution in [1.82, 2.24) is 20.4 Å². The molecule has 2 aromatic carbocycles. The van der Waals surface area contributed by atoms with Gasteiger partial charge in [0.15, 0.2) is 0 Å². The van der Waals surface area contributed by atoms with Gasteiger partial charge in [-0.25, -0.2) is 4.39 Å². The number of carbonyl (C=O) groups is 1. The van der Waals surface area contributed by atoms with Crippen LogP contribution in [0.15, 0.2) is 66.5 Å². The first-order valence-corrected chi connectivity index (χ1v) is 12.7. The monoisotopic (exact) mass is 472 g/mol. The molecule has 5 nitrogen and oxygen atoms in total. The van der Waals surface area contributed by atoms with Crippen LogP contribution in [0.3, 0.4) is 0 Å². The van der Waals surface area contributed by atoms with Gasteiger partial charge in [-0.15, -0.1) is 0 Å². The van der Waals surface area contributed by atoms with E-state index in [-0.39, 0.29) is 17.8 Å². The van der Waals surface area contributed by atoms with E-state index in [1.54, 1.807) is 6.20 Å². The van der Waals surface area contributed by atoms with Crippen LogP contribution < -0.4 is 10.6 Å². The molecule has 1 aromatic heterocycles. The van der Waals surface area contributed by atoms with Crippen molar-refractivity contribution in [3.05, 3.63) is 94.6 Å². The SMILES string of the molecule is C[C@@H](NC(=O)c1cnn(C2CCCC2)c1)c1ccc(C(=C2CCNCC2)c2ccc(F)cc2)cc1. The summed E-state index contributed by atoms with van der Waals surface area (Å²) in [5.41, 5.74) is 6.39. The molecular weight excluding hydrogens is 439 g/mol. The molecule has 1 saturated heterocycles. The molecule has 2 aliphatic rings. The highest BCUT2D eigenvalue weighted by Crippen LogP contribution is 2.32. The van der Waals surface area contributed by atoms with Crippen molar-refractivity contribution in [2.75, 3.05) is 13.1 Å². The van der Waals surface area contributed by atoms with E-state index >= 15 is 0 Å². The first-order valence-electron chi connectivity index (χ1n) is 12.7. The van der Waals surface area contributed by atoms with Crippen LogP contribution in [0.4, 0.5) is 4.39 Å². The van der Waals surface area contributed by atoms with E-state index in [9.17, 15) is 9.18 Å². The molecule has 2 N–H and O–H groups in total. The smallest absolute Gasteiger partial charge is 0.254 e. The number of aromatic nitrogens is 2. The largest absolute Gasteiger partial charge is 0.345 e. The molecule has 0 bridgehead atoms. The summed E-state index contributed by atoms with van der Waals surface area (Å²) in [6.45, 7) is 3.91. The molecule has 0 spiro atoms. The molecule has 2 fully saturated rings. The Morgan fingerprint density at radius 3 is 2.29 bits per heavy atom. The van der Waals surface area contributed by atoms with Gasteiger partial charge in [0.2, 0.25) is 0 Å². The second-order valence-corrected chi connectivity index (χ2v) is 9.70. The number of benzene rings is 2. The molecule has 1 aliphatic heterocycles. The summed E-state index contributed by atoms with van der Waals surface area (Å²) in [4.78, 5) is 12.8. The van der Waals surface area contributed by atoms with Crippen LogP contribution in [0.5, 0.6) is 0 Å². The molecule has 3 aromatic rings. The Hall–Kier alpha value is -3.25. The molecule has 1 atom stereocenters. The Morgan fingerprint density at radius 2 is 1.63 bits per heavy atom. The van der Waals surface area contributed by atoms with Gasteiger partial charge < -0.3 is 10.6 Å². The van der Waals surface area contributed by atoms with Crippen LogP contribution in [0, 0.1) is 5.82 Å². The number of amides is 1. The average molecular weight is 473 g/mol. The minimum absolute atomic E-state index is 0.102. The first kappa shape index (κ1) is 23.5. The maximum Gasteiger partial charge on any atom is 0.254 e. The Balaban J connectivity index is 1.32. The van der Waals surface area contributed by atoms with Gasteiger partial charge in [-0.05, 0) is 80.1 Å². The highest BCUT2D eigenvalue weighted by molar-refractivity contribution is 5.94. The molecular formula is C29H33FN4O. The number of halogens is 1. The molecule has 5 rings (SSSR count). The lowest BCUT2D eigenvalue weighted by Gasteiger charge is -2.22. The van der Waals surface area contributed by atoms with Crippen LogP contribution in [0.25, 0.3) is 5.57 Å². The molecule has 6 heteroatoms. The zero-order chi connectivity index (χ0) is 24.2. The molecule has 182 valence electrons. The summed E-state index contributed by atoms with van der Waals surface area (Å²) in [7, 11) is 0. The van der Waals surface area contributed by atoms with Gasteiger partial charge in [-0.2, -0.15) is 5.10 Å². The molecule has 0 unspecified atom stereocenters. The summed E-state index contributed by atoms with van der Waals surface area (Å²) < 4.78 is 15.5. The van der Waals surface area contributed by atoms with Crippen LogP contribution in [0.2, 0.25) is 0 Å². The summed E-state index contributed by atoms with van der Waals surface area (Å²) in [5, 5.41) is 11.0. The fourth-order valence-electron chi connectivity index (χ4n) is 5.30. The fraction of sp³-hybridized carbons (Fsp3) is 0.379. The number of hydrogen-bond acceptors (Lipinski definition) is 3. The average Bonchev–Trinajstić information content (AvgIpc) is 3.59. The lowest BCUT2D eigenvalue weighted by Crippen LogP contribution is -2.26. The number of piperidine rings is 1. The first-order chi connectivity index (χ1) is 17.1. The molecule has 35 heavy (non-hydrogen) atoms. The van der Waals surface area contributed by atoms with E-state index in [4.69, 9.17) is 0 Å². The summed E-state index contributed by atoms with van der Waals surface area (Å²) in [6.07, 6.45) is 10.2. The van der Waals surface area contributed by atoms with Gasteiger partial charge in [-0.1, -0.05) is 54.8 Å². The van der Waals surface area contributed by atoms with Gasteiger partial charge in [0, 0.05) is 6.20 Å². The fourth-order valence-corrected chi connectivity index (χ4v) is 5.30. The maximum atomic E-state index is 13.6. The zero-order valence-corrected chi connectivity index (χ0v) is 20.3. The van der Waals surface area contributed by atoms with Crippen LogP contribution in [0.1, 0.15) is 84.6 Å². The number of rotatable bonds is 6. The number of nitrogens with zero attached hydrogens (tertiary/aromatic N) is 2. The Kier molecular flexibility index (Phi) is 7.09. The standard InChI is InChI=1S/C29H33FN4O/c1-20(33-29(35)25-18-32-34(19-25)27-4-2-3-5-27)21-6-8-22(9-7-21)28(24-14-16-31-17-15-24)23-10-12-26(30)13-11-23/h6-13,18-20,27,31H,2-5,14-17H2,1H3,(H,33,35)/t20-/m1/s1. The second-order valence-electron chi connectivity index (χ2n) is 9.70. The molecule has 2 heterocycles. The second kappa shape index (κ2) is 10.6. The molecule has 1 amide bonds. The minimum Gasteiger partial charge on any atom is -0.345 e. The topological polar surface area (TPSA) is 59.0 Å². The van der Waals surface area contributed by atoms with E-state index in [0.29, 0.717) is 11.6 Å². The zero-order valence-electron chi connectivity index (χ0n) is 20.3. The summed E-state index contributed by atoms with van der Waals surface area (Å²) in [6, 6.07) is 15.5. The quantitative estimate of drug-likeness (QED) is 0.476. The highest BCUT2D eigenvalue weighted by Gasteiger charge is 2.20. The Bertz CT molecular complexity index is 1180. The van der Waals surface area contributed by atoms with Gasteiger partial charge in [0.25, 0.3) is 5.91 Å². The molecule has 1 saturated carbocycles. The third kappa shape index (κ3) is 5.38. The van der Waals surface area contributed by atoms with Gasteiger partial charge in [0.05, 0.1) is 23.8 Å². The van der Waals surface area contributed by atoms with Crippen molar-refractivity contribution in [3.8, 4) is 0 Å². The number of nitrogens with one attached hydrogen (secondary N) is 2. The van der Waals surface area contributed by atoms with Crippen molar-refractivity contribution in [2.45, 2.75) is 57.5 Å². The van der Waals surface area contributed by atoms with Gasteiger partial charge >= 0.3 is 0 Å². The van der Waals surface area contributed by atoms with Crippen molar-refractivity contribution >= 4 is 11.5 Å². The van der Waals surface area contributed by atoms with Crippen molar-refractivity contribution in [3.63, 3.8) is 0 Å². The molecule has 1 aliphatic carbocycles. The number of carbonyl (C=O) groups excluding carboxylic acids is 1.